The maximum atomic E-state index is 5.27. The molecular formula is C17H16N2O. The van der Waals surface area contributed by atoms with E-state index < -0.39 is 0 Å². The average molecular weight is 264 g/mol. The third-order valence-corrected chi connectivity index (χ3v) is 3.24. The fourth-order valence-electron chi connectivity index (χ4n) is 2.35. The normalized spacial score (nSPS) is 10.7. The fraction of sp³-hybridized carbons (Fsp3) is 0.118. The molecule has 3 aromatic rings. The molecule has 0 fully saturated rings. The van der Waals surface area contributed by atoms with Gasteiger partial charge in [0, 0.05) is 18.2 Å². The van der Waals surface area contributed by atoms with Gasteiger partial charge >= 0.3 is 0 Å². The van der Waals surface area contributed by atoms with E-state index in [1.165, 1.54) is 0 Å². The molecule has 0 aliphatic heterocycles. The lowest BCUT2D eigenvalue weighted by atomic mass is 9.99. The Hall–Kier alpha value is -2.39. The number of nitrogens with one attached hydrogen (secondary N) is 1. The third-order valence-electron chi connectivity index (χ3n) is 3.24. The van der Waals surface area contributed by atoms with E-state index in [1.54, 1.807) is 7.11 Å². The molecule has 1 heterocycles. The van der Waals surface area contributed by atoms with Crippen molar-refractivity contribution >= 4 is 0 Å². The van der Waals surface area contributed by atoms with Crippen LogP contribution < -0.4 is 0 Å². The van der Waals surface area contributed by atoms with Gasteiger partial charge < -0.3 is 4.74 Å². The predicted octanol–water partition coefficient (Wildman–Crippen LogP) is 3.89. The van der Waals surface area contributed by atoms with Gasteiger partial charge in [0.25, 0.3) is 0 Å². The SMILES string of the molecule is COCc1[nH]nc(-c2ccccc2)c1-c1ccccc1. The fourth-order valence-corrected chi connectivity index (χ4v) is 2.35. The molecule has 1 aromatic heterocycles. The van der Waals surface area contributed by atoms with Crippen LogP contribution in [0.25, 0.3) is 22.4 Å². The molecule has 100 valence electrons. The quantitative estimate of drug-likeness (QED) is 0.776. The van der Waals surface area contributed by atoms with E-state index in [9.17, 15) is 0 Å². The number of hydrogen-bond donors (Lipinski definition) is 1. The number of aromatic amines is 1. The number of ether oxygens (including phenoxy) is 1. The summed E-state index contributed by atoms with van der Waals surface area (Å²) in [5, 5.41) is 7.57. The number of benzene rings is 2. The molecule has 0 saturated carbocycles. The molecule has 20 heavy (non-hydrogen) atoms. The van der Waals surface area contributed by atoms with Gasteiger partial charge in [-0.3, -0.25) is 5.10 Å². The summed E-state index contributed by atoms with van der Waals surface area (Å²) >= 11 is 0. The second-order valence-corrected chi connectivity index (χ2v) is 4.59. The topological polar surface area (TPSA) is 37.9 Å². The number of H-pyrrole nitrogens is 1. The molecule has 0 radical (unpaired) electrons. The molecule has 2 aromatic carbocycles. The van der Waals surface area contributed by atoms with Gasteiger partial charge in [0.2, 0.25) is 0 Å². The second kappa shape index (κ2) is 5.72. The summed E-state index contributed by atoms with van der Waals surface area (Å²) in [6.07, 6.45) is 0. The Morgan fingerprint density at radius 3 is 2.10 bits per heavy atom. The summed E-state index contributed by atoms with van der Waals surface area (Å²) in [5.41, 5.74) is 5.32. The first-order valence-electron chi connectivity index (χ1n) is 6.57. The number of methoxy groups -OCH3 is 1. The largest absolute Gasteiger partial charge is 0.378 e. The molecular weight excluding hydrogens is 248 g/mol. The molecule has 3 nitrogen and oxygen atoms in total. The minimum Gasteiger partial charge on any atom is -0.378 e. The van der Waals surface area contributed by atoms with Crippen molar-refractivity contribution in [2.24, 2.45) is 0 Å². The number of hydrogen-bond acceptors (Lipinski definition) is 2. The van der Waals surface area contributed by atoms with Gasteiger partial charge in [0.15, 0.2) is 0 Å². The van der Waals surface area contributed by atoms with E-state index in [0.717, 1.165) is 28.1 Å². The average Bonchev–Trinajstić information content (AvgIpc) is 2.93. The van der Waals surface area contributed by atoms with Crippen molar-refractivity contribution in [3.8, 4) is 22.4 Å². The molecule has 0 bridgehead atoms. The Bertz CT molecular complexity index is 675. The summed E-state index contributed by atoms with van der Waals surface area (Å²) < 4.78 is 5.27. The van der Waals surface area contributed by atoms with Crippen molar-refractivity contribution in [2.45, 2.75) is 6.61 Å². The highest BCUT2D eigenvalue weighted by Crippen LogP contribution is 2.33. The van der Waals surface area contributed by atoms with Crippen LogP contribution in [0, 0.1) is 0 Å². The van der Waals surface area contributed by atoms with Gasteiger partial charge in [-0.05, 0) is 5.56 Å². The molecule has 0 unspecified atom stereocenters. The Balaban J connectivity index is 2.17. The van der Waals surface area contributed by atoms with E-state index in [4.69, 9.17) is 4.74 Å². The van der Waals surface area contributed by atoms with Gasteiger partial charge in [0.05, 0.1) is 12.3 Å². The summed E-state index contributed by atoms with van der Waals surface area (Å²) in [5.74, 6) is 0. The predicted molar refractivity (Wildman–Crippen MR) is 80.2 cm³/mol. The summed E-state index contributed by atoms with van der Waals surface area (Å²) in [4.78, 5) is 0. The molecule has 0 aliphatic carbocycles. The maximum absolute atomic E-state index is 5.27. The Kier molecular flexibility index (Phi) is 3.61. The lowest BCUT2D eigenvalue weighted by Gasteiger charge is -2.06. The first-order chi connectivity index (χ1) is 9.90. The molecule has 0 amide bonds. The zero-order valence-electron chi connectivity index (χ0n) is 11.3. The van der Waals surface area contributed by atoms with Gasteiger partial charge in [-0.25, -0.2) is 0 Å². The van der Waals surface area contributed by atoms with Crippen LogP contribution >= 0.6 is 0 Å². The summed E-state index contributed by atoms with van der Waals surface area (Å²) in [6.45, 7) is 0.518. The first-order valence-corrected chi connectivity index (χ1v) is 6.57. The van der Waals surface area contributed by atoms with E-state index in [0.29, 0.717) is 6.61 Å². The summed E-state index contributed by atoms with van der Waals surface area (Å²) in [6, 6.07) is 20.5. The van der Waals surface area contributed by atoms with Crippen LogP contribution in [-0.2, 0) is 11.3 Å². The van der Waals surface area contributed by atoms with Crippen LogP contribution in [0.3, 0.4) is 0 Å². The number of rotatable bonds is 4. The van der Waals surface area contributed by atoms with Crippen LogP contribution in [0.5, 0.6) is 0 Å². The first kappa shape index (κ1) is 12.6. The van der Waals surface area contributed by atoms with Crippen molar-refractivity contribution in [1.29, 1.82) is 0 Å². The van der Waals surface area contributed by atoms with Gasteiger partial charge in [-0.15, -0.1) is 0 Å². The molecule has 0 aliphatic rings. The van der Waals surface area contributed by atoms with Crippen molar-refractivity contribution in [3.63, 3.8) is 0 Å². The van der Waals surface area contributed by atoms with Gasteiger partial charge in [-0.1, -0.05) is 60.7 Å². The van der Waals surface area contributed by atoms with Crippen LogP contribution in [0.2, 0.25) is 0 Å². The third kappa shape index (κ3) is 2.36. The zero-order chi connectivity index (χ0) is 13.8. The van der Waals surface area contributed by atoms with E-state index in [1.807, 2.05) is 36.4 Å². The molecule has 1 N–H and O–H groups in total. The highest BCUT2D eigenvalue weighted by atomic mass is 16.5. The van der Waals surface area contributed by atoms with E-state index in [-0.39, 0.29) is 0 Å². The van der Waals surface area contributed by atoms with Crippen LogP contribution in [0.15, 0.2) is 60.7 Å². The monoisotopic (exact) mass is 264 g/mol. The Labute approximate surface area is 118 Å². The van der Waals surface area contributed by atoms with Crippen molar-refractivity contribution < 1.29 is 4.74 Å². The van der Waals surface area contributed by atoms with Crippen molar-refractivity contribution in [2.75, 3.05) is 7.11 Å². The van der Waals surface area contributed by atoms with Gasteiger partial charge in [-0.2, -0.15) is 5.10 Å². The minimum absolute atomic E-state index is 0.518. The lowest BCUT2D eigenvalue weighted by molar-refractivity contribution is 0.182. The second-order valence-electron chi connectivity index (χ2n) is 4.59. The smallest absolute Gasteiger partial charge is 0.100 e. The Morgan fingerprint density at radius 1 is 0.900 bits per heavy atom. The molecule has 0 saturated heterocycles. The minimum atomic E-state index is 0.518. The van der Waals surface area contributed by atoms with E-state index in [2.05, 4.69) is 34.5 Å². The zero-order valence-corrected chi connectivity index (χ0v) is 11.3. The van der Waals surface area contributed by atoms with Crippen LogP contribution in [0.1, 0.15) is 5.69 Å². The highest BCUT2D eigenvalue weighted by Gasteiger charge is 2.16. The molecule has 0 spiro atoms. The van der Waals surface area contributed by atoms with E-state index >= 15 is 0 Å². The number of aromatic nitrogens is 2. The van der Waals surface area contributed by atoms with Crippen LogP contribution in [0.4, 0.5) is 0 Å². The molecule has 3 heteroatoms. The summed E-state index contributed by atoms with van der Waals surface area (Å²) in [7, 11) is 1.69. The number of nitrogens with zero attached hydrogens (tertiary/aromatic N) is 1. The molecule has 3 rings (SSSR count). The maximum Gasteiger partial charge on any atom is 0.100 e. The Morgan fingerprint density at radius 2 is 1.50 bits per heavy atom. The molecule has 0 atom stereocenters. The van der Waals surface area contributed by atoms with Crippen molar-refractivity contribution in [3.05, 3.63) is 66.4 Å². The lowest BCUT2D eigenvalue weighted by Crippen LogP contribution is -1.91. The van der Waals surface area contributed by atoms with Crippen LogP contribution in [-0.4, -0.2) is 17.3 Å². The van der Waals surface area contributed by atoms with Crippen molar-refractivity contribution in [1.82, 2.24) is 10.2 Å². The standard InChI is InChI=1S/C17H16N2O/c1-20-12-15-16(13-8-4-2-5-9-13)17(19-18-15)14-10-6-3-7-11-14/h2-11H,12H2,1H3,(H,18,19). The van der Waals surface area contributed by atoms with Gasteiger partial charge in [0.1, 0.15) is 5.69 Å². The highest BCUT2D eigenvalue weighted by molar-refractivity contribution is 5.82.